The van der Waals surface area contributed by atoms with Crippen molar-refractivity contribution in [2.24, 2.45) is 5.92 Å². The average molecular weight is 355 g/mol. The van der Waals surface area contributed by atoms with E-state index in [-0.39, 0.29) is 17.8 Å². The van der Waals surface area contributed by atoms with Crippen LogP contribution >= 0.6 is 15.9 Å². The van der Waals surface area contributed by atoms with Crippen LogP contribution in [0.25, 0.3) is 0 Å². The van der Waals surface area contributed by atoms with Gasteiger partial charge in [-0.15, -0.1) is 0 Å². The molecular weight excluding hydrogens is 336 g/mol. The highest BCUT2D eigenvalue weighted by Crippen LogP contribution is 2.18. The second-order valence-corrected chi connectivity index (χ2v) is 6.07. The van der Waals surface area contributed by atoms with Gasteiger partial charge in [-0.2, -0.15) is 0 Å². The van der Waals surface area contributed by atoms with Crippen LogP contribution in [0.3, 0.4) is 0 Å². The van der Waals surface area contributed by atoms with Crippen LogP contribution in [0.5, 0.6) is 0 Å². The molecular formula is C15H19BrN2O3. The van der Waals surface area contributed by atoms with Gasteiger partial charge in [-0.3, -0.25) is 14.5 Å². The van der Waals surface area contributed by atoms with Crippen LogP contribution in [0.2, 0.25) is 0 Å². The third kappa shape index (κ3) is 4.82. The van der Waals surface area contributed by atoms with Crippen LogP contribution in [-0.4, -0.2) is 43.5 Å². The van der Waals surface area contributed by atoms with Crippen molar-refractivity contribution in [3.63, 3.8) is 0 Å². The van der Waals surface area contributed by atoms with E-state index in [0.717, 1.165) is 29.5 Å². The molecule has 21 heavy (non-hydrogen) atoms. The molecule has 0 radical (unpaired) electrons. The number of piperidine rings is 1. The van der Waals surface area contributed by atoms with Gasteiger partial charge >= 0.3 is 5.97 Å². The minimum Gasteiger partial charge on any atom is -0.469 e. The van der Waals surface area contributed by atoms with E-state index in [1.807, 2.05) is 29.2 Å². The Bertz CT molecular complexity index is 521. The lowest BCUT2D eigenvalue weighted by Crippen LogP contribution is -2.42. The maximum Gasteiger partial charge on any atom is 0.309 e. The molecule has 2 rings (SSSR count). The fourth-order valence-corrected chi connectivity index (χ4v) is 2.93. The lowest BCUT2D eigenvalue weighted by atomic mass is 9.98. The van der Waals surface area contributed by atoms with Gasteiger partial charge in [-0.25, -0.2) is 0 Å². The number of carbonyl (C=O) groups excluding carboxylic acids is 2. The summed E-state index contributed by atoms with van der Waals surface area (Å²) < 4.78 is 5.70. The largest absolute Gasteiger partial charge is 0.469 e. The highest BCUT2D eigenvalue weighted by molar-refractivity contribution is 9.10. The molecule has 1 fully saturated rings. The Balaban J connectivity index is 1.86. The molecule has 1 atom stereocenters. The molecule has 1 N–H and O–H groups in total. The number of benzene rings is 1. The van der Waals surface area contributed by atoms with E-state index in [2.05, 4.69) is 21.2 Å². The van der Waals surface area contributed by atoms with Gasteiger partial charge in [0.2, 0.25) is 5.91 Å². The highest BCUT2D eigenvalue weighted by Gasteiger charge is 2.27. The predicted octanol–water partition coefficient (Wildman–Crippen LogP) is 2.27. The molecule has 0 spiro atoms. The van der Waals surface area contributed by atoms with Gasteiger partial charge in [0, 0.05) is 16.7 Å². The number of nitrogens with zero attached hydrogens (tertiary/aromatic N) is 1. The zero-order chi connectivity index (χ0) is 15.2. The number of hydrogen-bond acceptors (Lipinski definition) is 4. The third-order valence-electron chi connectivity index (χ3n) is 3.52. The summed E-state index contributed by atoms with van der Waals surface area (Å²) in [5, 5.41) is 2.86. The fraction of sp³-hybridized carbons (Fsp3) is 0.467. The summed E-state index contributed by atoms with van der Waals surface area (Å²) in [5.41, 5.74) is 0.760. The number of hydrogen-bond donors (Lipinski definition) is 1. The van der Waals surface area contributed by atoms with Crippen LogP contribution in [0.15, 0.2) is 28.7 Å². The van der Waals surface area contributed by atoms with Crippen molar-refractivity contribution in [1.82, 2.24) is 4.90 Å². The monoisotopic (exact) mass is 354 g/mol. The molecule has 1 aromatic carbocycles. The van der Waals surface area contributed by atoms with Crippen LogP contribution < -0.4 is 5.32 Å². The van der Waals surface area contributed by atoms with Crippen molar-refractivity contribution in [3.8, 4) is 0 Å². The number of methoxy groups -OCH3 is 1. The summed E-state index contributed by atoms with van der Waals surface area (Å²) >= 11 is 3.37. The number of nitrogens with one attached hydrogen (secondary N) is 1. The van der Waals surface area contributed by atoms with Gasteiger partial charge in [-0.1, -0.05) is 22.0 Å². The van der Waals surface area contributed by atoms with Gasteiger partial charge < -0.3 is 10.1 Å². The summed E-state index contributed by atoms with van der Waals surface area (Å²) in [6.45, 7) is 1.71. The van der Waals surface area contributed by atoms with Crippen LogP contribution in [0.4, 0.5) is 5.69 Å². The maximum atomic E-state index is 12.1. The summed E-state index contributed by atoms with van der Waals surface area (Å²) in [7, 11) is 1.40. The lowest BCUT2D eigenvalue weighted by Gasteiger charge is -2.30. The number of esters is 1. The molecule has 1 aliphatic heterocycles. The molecule has 0 saturated carbocycles. The molecule has 6 heteroatoms. The Morgan fingerprint density at radius 2 is 2.29 bits per heavy atom. The van der Waals surface area contributed by atoms with Crippen molar-refractivity contribution in [2.75, 3.05) is 32.1 Å². The fourth-order valence-electron chi connectivity index (χ4n) is 2.53. The second-order valence-electron chi connectivity index (χ2n) is 5.16. The number of amides is 1. The topological polar surface area (TPSA) is 58.6 Å². The minimum atomic E-state index is -0.188. The molecule has 0 aliphatic carbocycles. The number of ether oxygens (including phenoxy) is 1. The second kappa shape index (κ2) is 7.56. The Hall–Kier alpha value is -1.40. The van der Waals surface area contributed by atoms with Crippen LogP contribution in [0, 0.1) is 5.92 Å². The van der Waals surface area contributed by atoms with Crippen molar-refractivity contribution in [1.29, 1.82) is 0 Å². The van der Waals surface area contributed by atoms with Crippen molar-refractivity contribution >= 4 is 33.5 Å². The van der Waals surface area contributed by atoms with Gasteiger partial charge in [-0.05, 0) is 37.6 Å². The normalized spacial score (nSPS) is 19.0. The first-order valence-corrected chi connectivity index (χ1v) is 7.73. The first kappa shape index (κ1) is 16.0. The molecule has 0 bridgehead atoms. The number of rotatable bonds is 4. The smallest absolute Gasteiger partial charge is 0.309 e. The first-order chi connectivity index (χ1) is 10.1. The SMILES string of the molecule is COC(=O)[C@H]1CCCN(CC(=O)Nc2cccc(Br)c2)C1. The zero-order valence-electron chi connectivity index (χ0n) is 12.0. The number of likely N-dealkylation sites (tertiary alicyclic amines) is 1. The van der Waals surface area contributed by atoms with E-state index < -0.39 is 0 Å². The van der Waals surface area contributed by atoms with E-state index in [1.165, 1.54) is 7.11 Å². The van der Waals surface area contributed by atoms with Crippen molar-refractivity contribution in [2.45, 2.75) is 12.8 Å². The van der Waals surface area contributed by atoms with Gasteiger partial charge in [0.25, 0.3) is 0 Å². The minimum absolute atomic E-state index is 0.0707. The molecule has 114 valence electrons. The first-order valence-electron chi connectivity index (χ1n) is 6.94. The number of halogens is 1. The van der Waals surface area contributed by atoms with E-state index in [9.17, 15) is 9.59 Å². The Kier molecular flexibility index (Phi) is 5.76. The molecule has 1 aliphatic rings. The Morgan fingerprint density at radius 1 is 1.48 bits per heavy atom. The predicted molar refractivity (Wildman–Crippen MR) is 84.0 cm³/mol. The molecule has 1 saturated heterocycles. The Morgan fingerprint density at radius 3 is 3.00 bits per heavy atom. The maximum absolute atomic E-state index is 12.1. The number of anilines is 1. The van der Waals surface area contributed by atoms with E-state index in [0.29, 0.717) is 13.1 Å². The molecule has 1 heterocycles. The van der Waals surface area contributed by atoms with E-state index >= 15 is 0 Å². The van der Waals surface area contributed by atoms with Gasteiger partial charge in [0.05, 0.1) is 19.6 Å². The summed E-state index contributed by atoms with van der Waals surface area (Å²) in [6, 6.07) is 7.47. The van der Waals surface area contributed by atoms with Crippen molar-refractivity contribution < 1.29 is 14.3 Å². The average Bonchev–Trinajstić information content (AvgIpc) is 2.46. The number of carbonyl (C=O) groups is 2. The molecule has 5 nitrogen and oxygen atoms in total. The van der Waals surface area contributed by atoms with Crippen LogP contribution in [0.1, 0.15) is 12.8 Å². The van der Waals surface area contributed by atoms with Crippen LogP contribution in [-0.2, 0) is 14.3 Å². The molecule has 1 amide bonds. The summed E-state index contributed by atoms with van der Waals surface area (Å²) in [6.07, 6.45) is 1.74. The van der Waals surface area contributed by atoms with E-state index in [1.54, 1.807) is 0 Å². The quantitative estimate of drug-likeness (QED) is 0.842. The standard InChI is InChI=1S/C15H19BrN2O3/c1-21-15(20)11-4-3-7-18(9-11)10-14(19)17-13-6-2-5-12(16)8-13/h2,5-6,8,11H,3-4,7,9-10H2,1H3,(H,17,19)/t11-/m0/s1. The Labute approximate surface area is 132 Å². The lowest BCUT2D eigenvalue weighted by molar-refractivity contribution is -0.147. The summed E-state index contributed by atoms with van der Waals surface area (Å²) in [4.78, 5) is 25.6. The van der Waals surface area contributed by atoms with E-state index in [4.69, 9.17) is 4.74 Å². The van der Waals surface area contributed by atoms with Crippen molar-refractivity contribution in [3.05, 3.63) is 28.7 Å². The highest BCUT2D eigenvalue weighted by atomic mass is 79.9. The molecule has 1 aromatic rings. The molecule has 0 unspecified atom stereocenters. The third-order valence-corrected chi connectivity index (χ3v) is 4.01. The summed E-state index contributed by atoms with van der Waals surface area (Å²) in [5.74, 6) is -0.381. The zero-order valence-corrected chi connectivity index (χ0v) is 13.6. The van der Waals surface area contributed by atoms with Gasteiger partial charge in [0.15, 0.2) is 0 Å². The molecule has 0 aromatic heterocycles. The van der Waals surface area contributed by atoms with Gasteiger partial charge in [0.1, 0.15) is 0 Å².